The molecule has 1 aromatic heterocycles. The summed E-state index contributed by atoms with van der Waals surface area (Å²) in [6, 6.07) is 20.8. The van der Waals surface area contributed by atoms with Crippen LogP contribution >= 0.6 is 0 Å². The van der Waals surface area contributed by atoms with Crippen LogP contribution in [0.2, 0.25) is 0 Å². The summed E-state index contributed by atoms with van der Waals surface area (Å²) in [7, 11) is 1.58. The van der Waals surface area contributed by atoms with Crippen LogP contribution in [0, 0.1) is 0 Å². The van der Waals surface area contributed by atoms with Crippen LogP contribution in [0.1, 0.15) is 39.3 Å². The highest BCUT2D eigenvalue weighted by Gasteiger charge is 2.35. The van der Waals surface area contributed by atoms with E-state index < -0.39 is 11.6 Å². The molecular formula is C29H33N5O4. The fraction of sp³-hybridized carbons (Fsp3) is 0.310. The van der Waals surface area contributed by atoms with Crippen molar-refractivity contribution in [3.8, 4) is 11.5 Å². The summed E-state index contributed by atoms with van der Waals surface area (Å²) < 4.78 is 12.5. The van der Waals surface area contributed by atoms with E-state index in [4.69, 9.17) is 9.47 Å². The second kappa shape index (κ2) is 11.3. The summed E-state index contributed by atoms with van der Waals surface area (Å²) in [5.74, 6) is 0.686. The zero-order valence-electron chi connectivity index (χ0n) is 22.3. The van der Waals surface area contributed by atoms with Crippen LogP contribution in [0.25, 0.3) is 11.0 Å². The Bertz CT molecular complexity index is 1390. The highest BCUT2D eigenvalue weighted by molar-refractivity contribution is 6.01. The van der Waals surface area contributed by atoms with Gasteiger partial charge in [-0.3, -0.25) is 14.5 Å². The third-order valence-electron chi connectivity index (χ3n) is 5.84. The van der Waals surface area contributed by atoms with Gasteiger partial charge in [-0.05, 0) is 81.8 Å². The van der Waals surface area contributed by atoms with Crippen LogP contribution in [-0.4, -0.2) is 46.1 Å². The van der Waals surface area contributed by atoms with Crippen LogP contribution in [0.3, 0.4) is 0 Å². The topological polar surface area (TPSA) is 98.6 Å². The third kappa shape index (κ3) is 6.11. The van der Waals surface area contributed by atoms with Crippen molar-refractivity contribution in [3.05, 3.63) is 78.4 Å². The van der Waals surface area contributed by atoms with Gasteiger partial charge in [0.05, 0.1) is 19.2 Å². The van der Waals surface area contributed by atoms with E-state index in [1.165, 1.54) is 4.90 Å². The number of carbonyl (C=O) groups is 2. The average Bonchev–Trinajstić information content (AvgIpc) is 3.29. The molecule has 1 heterocycles. The van der Waals surface area contributed by atoms with Gasteiger partial charge in [-0.25, -0.2) is 4.68 Å². The van der Waals surface area contributed by atoms with Crippen molar-refractivity contribution in [2.45, 2.75) is 45.8 Å². The Kier molecular flexibility index (Phi) is 7.95. The van der Waals surface area contributed by atoms with E-state index in [-0.39, 0.29) is 18.4 Å². The Balaban J connectivity index is 1.81. The van der Waals surface area contributed by atoms with Crippen molar-refractivity contribution >= 4 is 28.5 Å². The van der Waals surface area contributed by atoms with Crippen molar-refractivity contribution in [1.29, 1.82) is 0 Å². The molecule has 38 heavy (non-hydrogen) atoms. The molecule has 4 rings (SSSR count). The number of methoxy groups -OCH3 is 1. The van der Waals surface area contributed by atoms with E-state index in [2.05, 4.69) is 15.6 Å². The standard InChI is InChI=1S/C29H33N5O4/c1-6-38-23-15-11-20(12-16-23)27(28(36)30-29(2,3)4)34(21-13-17-22(37-5)18-14-21)26(35)19-33-25-10-8-7-9-24(25)31-32-33/h7-18,27H,6,19H2,1-5H3,(H,30,36)/t27-/m0/s1. The molecule has 9 nitrogen and oxygen atoms in total. The molecule has 0 fully saturated rings. The lowest BCUT2D eigenvalue weighted by atomic mass is 10.0. The second-order valence-corrected chi connectivity index (χ2v) is 9.84. The minimum atomic E-state index is -0.958. The van der Waals surface area contributed by atoms with Crippen molar-refractivity contribution in [3.63, 3.8) is 0 Å². The van der Waals surface area contributed by atoms with E-state index in [1.807, 2.05) is 64.1 Å². The van der Waals surface area contributed by atoms with Crippen molar-refractivity contribution in [2.24, 2.45) is 0 Å². The molecule has 0 saturated heterocycles. The Hall–Kier alpha value is -4.40. The van der Waals surface area contributed by atoms with E-state index >= 15 is 0 Å². The van der Waals surface area contributed by atoms with E-state index in [9.17, 15) is 9.59 Å². The first kappa shape index (κ1) is 26.7. The molecule has 0 bridgehead atoms. The lowest BCUT2D eigenvalue weighted by molar-refractivity contribution is -0.128. The summed E-state index contributed by atoms with van der Waals surface area (Å²) in [5, 5.41) is 11.4. The molecule has 0 spiro atoms. The maximum absolute atomic E-state index is 14.1. The van der Waals surface area contributed by atoms with Gasteiger partial charge in [0.15, 0.2) is 0 Å². The smallest absolute Gasteiger partial charge is 0.249 e. The van der Waals surface area contributed by atoms with E-state index in [0.717, 1.165) is 5.52 Å². The number of hydrogen-bond acceptors (Lipinski definition) is 6. The maximum atomic E-state index is 14.1. The lowest BCUT2D eigenvalue weighted by Gasteiger charge is -2.34. The summed E-state index contributed by atoms with van der Waals surface area (Å²) in [4.78, 5) is 29.4. The van der Waals surface area contributed by atoms with Crippen LogP contribution in [-0.2, 0) is 16.1 Å². The van der Waals surface area contributed by atoms with Crippen molar-refractivity contribution in [2.75, 3.05) is 18.6 Å². The molecule has 0 aliphatic carbocycles. The number of nitrogens with one attached hydrogen (secondary N) is 1. The summed E-state index contributed by atoms with van der Waals surface area (Å²) >= 11 is 0. The minimum Gasteiger partial charge on any atom is -0.497 e. The number of rotatable bonds is 9. The van der Waals surface area contributed by atoms with Gasteiger partial charge in [0, 0.05) is 11.2 Å². The third-order valence-corrected chi connectivity index (χ3v) is 5.84. The summed E-state index contributed by atoms with van der Waals surface area (Å²) in [5.41, 5.74) is 2.08. The molecule has 0 saturated carbocycles. The first-order valence-electron chi connectivity index (χ1n) is 12.5. The van der Waals surface area contributed by atoms with Gasteiger partial charge in [-0.15, -0.1) is 5.10 Å². The Morgan fingerprint density at radius 1 is 0.974 bits per heavy atom. The number of para-hydroxylation sites is 1. The lowest BCUT2D eigenvalue weighted by Crippen LogP contribution is -2.50. The van der Waals surface area contributed by atoms with Gasteiger partial charge in [0.2, 0.25) is 11.8 Å². The molecule has 3 aromatic carbocycles. The highest BCUT2D eigenvalue weighted by atomic mass is 16.5. The van der Waals surface area contributed by atoms with E-state index in [0.29, 0.717) is 34.9 Å². The molecule has 198 valence electrons. The average molecular weight is 516 g/mol. The molecule has 1 N–H and O–H groups in total. The van der Waals surface area contributed by atoms with Gasteiger partial charge in [0.1, 0.15) is 29.6 Å². The van der Waals surface area contributed by atoms with Gasteiger partial charge in [0.25, 0.3) is 0 Å². The van der Waals surface area contributed by atoms with Crippen LogP contribution in [0.4, 0.5) is 5.69 Å². The van der Waals surface area contributed by atoms with Crippen LogP contribution in [0.5, 0.6) is 11.5 Å². The number of ether oxygens (including phenoxy) is 2. The number of aromatic nitrogens is 3. The molecule has 0 unspecified atom stereocenters. The number of hydrogen-bond donors (Lipinski definition) is 1. The zero-order valence-corrected chi connectivity index (χ0v) is 22.3. The second-order valence-electron chi connectivity index (χ2n) is 9.84. The van der Waals surface area contributed by atoms with Gasteiger partial charge < -0.3 is 14.8 Å². The fourth-order valence-electron chi connectivity index (χ4n) is 4.19. The van der Waals surface area contributed by atoms with Crippen molar-refractivity contribution in [1.82, 2.24) is 20.3 Å². The molecule has 4 aromatic rings. The maximum Gasteiger partial charge on any atom is 0.249 e. The Labute approximate surface area is 222 Å². The number of anilines is 1. The summed E-state index contributed by atoms with van der Waals surface area (Å²) in [6.07, 6.45) is 0. The van der Waals surface area contributed by atoms with E-state index in [1.54, 1.807) is 48.2 Å². The van der Waals surface area contributed by atoms with Gasteiger partial charge in [-0.2, -0.15) is 0 Å². The summed E-state index contributed by atoms with van der Waals surface area (Å²) in [6.45, 7) is 8.04. The molecule has 2 amide bonds. The number of fused-ring (bicyclic) bond motifs is 1. The predicted molar refractivity (Wildman–Crippen MR) is 146 cm³/mol. The quantitative estimate of drug-likeness (QED) is 0.352. The molecule has 0 aliphatic heterocycles. The normalized spacial score (nSPS) is 12.1. The van der Waals surface area contributed by atoms with Crippen LogP contribution in [0.15, 0.2) is 72.8 Å². The first-order valence-corrected chi connectivity index (χ1v) is 12.5. The van der Waals surface area contributed by atoms with Gasteiger partial charge in [-0.1, -0.05) is 29.5 Å². The molecular weight excluding hydrogens is 482 g/mol. The molecule has 9 heteroatoms. The first-order chi connectivity index (χ1) is 18.2. The van der Waals surface area contributed by atoms with Gasteiger partial charge >= 0.3 is 0 Å². The number of benzene rings is 3. The number of carbonyl (C=O) groups excluding carboxylic acids is 2. The number of nitrogens with zero attached hydrogens (tertiary/aromatic N) is 4. The number of amides is 2. The molecule has 1 atom stereocenters. The monoisotopic (exact) mass is 515 g/mol. The van der Waals surface area contributed by atoms with Crippen molar-refractivity contribution < 1.29 is 19.1 Å². The highest BCUT2D eigenvalue weighted by Crippen LogP contribution is 2.31. The molecule has 0 radical (unpaired) electrons. The zero-order chi connectivity index (χ0) is 27.3. The fourth-order valence-corrected chi connectivity index (χ4v) is 4.19. The predicted octanol–water partition coefficient (Wildman–Crippen LogP) is 4.53. The largest absolute Gasteiger partial charge is 0.497 e. The SMILES string of the molecule is CCOc1ccc([C@@H](C(=O)NC(C)(C)C)N(C(=O)Cn2nnc3ccccc32)c2ccc(OC)cc2)cc1. The molecule has 0 aliphatic rings. The van der Waals surface area contributed by atoms with Crippen LogP contribution < -0.4 is 19.7 Å². The Morgan fingerprint density at radius 3 is 2.26 bits per heavy atom. The minimum absolute atomic E-state index is 0.108. The Morgan fingerprint density at radius 2 is 1.63 bits per heavy atom.